The average molecular weight is 537 g/mol. The molecule has 5 aromatic rings. The predicted molar refractivity (Wildman–Crippen MR) is 161 cm³/mol. The highest BCUT2D eigenvalue weighted by Crippen LogP contribution is 2.44. The van der Waals surface area contributed by atoms with Crippen molar-refractivity contribution in [2.45, 2.75) is 0 Å². The van der Waals surface area contributed by atoms with Gasteiger partial charge in [0, 0.05) is 17.5 Å². The Hall–Kier alpha value is -4.84. The molecule has 0 aliphatic heterocycles. The third kappa shape index (κ3) is 5.08. The van der Waals surface area contributed by atoms with E-state index in [0.29, 0.717) is 23.0 Å². The fourth-order valence-corrected chi connectivity index (χ4v) is 4.97. The summed E-state index contributed by atoms with van der Waals surface area (Å²) in [5.41, 5.74) is 3.91. The number of fused-ring (bicyclic) bond motifs is 3. The molecule has 0 bridgehead atoms. The molecule has 0 aromatic heterocycles. The Balaban J connectivity index is 1.92. The molecule has 40 heavy (non-hydrogen) atoms. The summed E-state index contributed by atoms with van der Waals surface area (Å²) in [6.07, 6.45) is 2.16. The summed E-state index contributed by atoms with van der Waals surface area (Å²) in [4.78, 5) is 0. The van der Waals surface area contributed by atoms with Crippen LogP contribution in [0.5, 0.6) is 34.5 Å². The Morgan fingerprint density at radius 2 is 1.07 bits per heavy atom. The lowest BCUT2D eigenvalue weighted by Crippen LogP contribution is -1.97. The summed E-state index contributed by atoms with van der Waals surface area (Å²) in [5, 5.41) is 4.00. The Labute approximate surface area is 234 Å². The zero-order valence-corrected chi connectivity index (χ0v) is 23.5. The third-order valence-corrected chi connectivity index (χ3v) is 7.03. The predicted octanol–water partition coefficient (Wildman–Crippen LogP) is 7.63. The largest absolute Gasteiger partial charge is 0.497 e. The standard InChI is InChI=1S/C34H32O6/c1-35-24-10-7-21(8-11-24)13-29(23-14-26(37-3)17-27(15-23)38-4)31-16-22-9-12-25(36-2)18-30(22)34-32(31)19-28(39-5)20-33(34)40-6/h7-20H,1-6H3/b29-13-. The Bertz CT molecular complexity index is 1680. The minimum absolute atomic E-state index is 0.694. The van der Waals surface area contributed by atoms with Crippen molar-refractivity contribution in [3.8, 4) is 34.5 Å². The molecule has 5 aromatic carbocycles. The van der Waals surface area contributed by atoms with Crippen LogP contribution in [0.1, 0.15) is 16.7 Å². The molecular formula is C34H32O6. The van der Waals surface area contributed by atoms with Crippen LogP contribution in [0.4, 0.5) is 0 Å². The topological polar surface area (TPSA) is 55.4 Å². The van der Waals surface area contributed by atoms with E-state index in [1.165, 1.54) is 0 Å². The van der Waals surface area contributed by atoms with Crippen molar-refractivity contribution in [1.29, 1.82) is 0 Å². The van der Waals surface area contributed by atoms with Gasteiger partial charge in [-0.1, -0.05) is 18.2 Å². The zero-order chi connectivity index (χ0) is 28.2. The second-order valence-electron chi connectivity index (χ2n) is 9.20. The number of ether oxygens (including phenoxy) is 6. The molecule has 0 radical (unpaired) electrons. The first-order chi connectivity index (χ1) is 19.5. The van der Waals surface area contributed by atoms with E-state index in [1.54, 1.807) is 42.7 Å². The van der Waals surface area contributed by atoms with Gasteiger partial charge in [-0.05, 0) is 93.0 Å². The Morgan fingerprint density at radius 1 is 0.500 bits per heavy atom. The summed E-state index contributed by atoms with van der Waals surface area (Å²) in [6.45, 7) is 0. The second-order valence-corrected chi connectivity index (χ2v) is 9.20. The van der Waals surface area contributed by atoms with Crippen LogP contribution in [-0.4, -0.2) is 42.7 Å². The average Bonchev–Trinajstić information content (AvgIpc) is 3.02. The molecule has 0 spiro atoms. The molecule has 0 aliphatic carbocycles. The van der Waals surface area contributed by atoms with Gasteiger partial charge in [0.25, 0.3) is 0 Å². The normalized spacial score (nSPS) is 11.4. The first-order valence-electron chi connectivity index (χ1n) is 12.8. The van der Waals surface area contributed by atoms with Gasteiger partial charge in [-0.15, -0.1) is 0 Å². The highest BCUT2D eigenvalue weighted by Gasteiger charge is 2.19. The van der Waals surface area contributed by atoms with E-state index in [1.807, 2.05) is 66.7 Å². The highest BCUT2D eigenvalue weighted by atomic mass is 16.5. The van der Waals surface area contributed by atoms with Gasteiger partial charge in [-0.2, -0.15) is 0 Å². The first-order valence-corrected chi connectivity index (χ1v) is 12.8. The smallest absolute Gasteiger partial charge is 0.131 e. The number of rotatable bonds is 9. The van der Waals surface area contributed by atoms with Crippen molar-refractivity contribution in [3.05, 3.63) is 95.6 Å². The van der Waals surface area contributed by atoms with E-state index in [4.69, 9.17) is 28.4 Å². The number of hydrogen-bond donors (Lipinski definition) is 0. The number of hydrogen-bond acceptors (Lipinski definition) is 6. The molecule has 6 heteroatoms. The molecule has 0 atom stereocenters. The van der Waals surface area contributed by atoms with Crippen molar-refractivity contribution >= 4 is 33.2 Å². The van der Waals surface area contributed by atoms with Crippen LogP contribution in [0.15, 0.2) is 78.9 Å². The molecule has 0 unspecified atom stereocenters. The van der Waals surface area contributed by atoms with Crippen LogP contribution in [0.3, 0.4) is 0 Å². The lowest BCUT2D eigenvalue weighted by atomic mass is 9.88. The Morgan fingerprint density at radius 3 is 1.68 bits per heavy atom. The van der Waals surface area contributed by atoms with Crippen molar-refractivity contribution < 1.29 is 28.4 Å². The molecule has 0 saturated heterocycles. The van der Waals surface area contributed by atoms with Crippen molar-refractivity contribution in [1.82, 2.24) is 0 Å². The van der Waals surface area contributed by atoms with Crippen molar-refractivity contribution in [2.75, 3.05) is 42.7 Å². The maximum atomic E-state index is 5.91. The van der Waals surface area contributed by atoms with Crippen LogP contribution in [0.25, 0.3) is 33.2 Å². The summed E-state index contributed by atoms with van der Waals surface area (Å²) in [7, 11) is 9.97. The molecule has 6 nitrogen and oxygen atoms in total. The lowest BCUT2D eigenvalue weighted by Gasteiger charge is -2.19. The van der Waals surface area contributed by atoms with Gasteiger partial charge in [0.1, 0.15) is 34.5 Å². The van der Waals surface area contributed by atoms with E-state index in [-0.39, 0.29) is 0 Å². The quantitative estimate of drug-likeness (QED) is 0.143. The minimum atomic E-state index is 0.694. The lowest BCUT2D eigenvalue weighted by molar-refractivity contribution is 0.394. The van der Waals surface area contributed by atoms with Crippen molar-refractivity contribution in [3.63, 3.8) is 0 Å². The number of methoxy groups -OCH3 is 6. The summed E-state index contributed by atoms with van der Waals surface area (Å²) in [5.74, 6) is 4.36. The van der Waals surface area contributed by atoms with Gasteiger partial charge in [0.15, 0.2) is 0 Å². The van der Waals surface area contributed by atoms with Gasteiger partial charge in [0.2, 0.25) is 0 Å². The maximum Gasteiger partial charge on any atom is 0.131 e. The zero-order valence-electron chi connectivity index (χ0n) is 23.5. The summed E-state index contributed by atoms with van der Waals surface area (Å²) in [6, 6.07) is 26.1. The van der Waals surface area contributed by atoms with E-state index in [0.717, 1.165) is 55.3 Å². The van der Waals surface area contributed by atoms with Crippen molar-refractivity contribution in [2.24, 2.45) is 0 Å². The number of benzene rings is 5. The van der Waals surface area contributed by atoms with Gasteiger partial charge >= 0.3 is 0 Å². The third-order valence-electron chi connectivity index (χ3n) is 7.03. The molecule has 0 amide bonds. The fraction of sp³-hybridized carbons (Fsp3) is 0.176. The van der Waals surface area contributed by atoms with E-state index in [9.17, 15) is 0 Å². The van der Waals surface area contributed by atoms with Crippen LogP contribution < -0.4 is 28.4 Å². The monoisotopic (exact) mass is 536 g/mol. The van der Waals surface area contributed by atoms with Gasteiger partial charge in [0.05, 0.1) is 42.7 Å². The molecule has 0 N–H and O–H groups in total. The minimum Gasteiger partial charge on any atom is -0.497 e. The molecule has 204 valence electrons. The van der Waals surface area contributed by atoms with E-state index >= 15 is 0 Å². The molecule has 0 fully saturated rings. The van der Waals surface area contributed by atoms with Crippen LogP contribution in [-0.2, 0) is 0 Å². The van der Waals surface area contributed by atoms with E-state index in [2.05, 4.69) is 18.2 Å². The van der Waals surface area contributed by atoms with E-state index < -0.39 is 0 Å². The van der Waals surface area contributed by atoms with Crippen LogP contribution in [0.2, 0.25) is 0 Å². The van der Waals surface area contributed by atoms with Gasteiger partial charge in [-0.3, -0.25) is 0 Å². The fourth-order valence-electron chi connectivity index (χ4n) is 4.97. The Kier molecular flexibility index (Phi) is 7.69. The van der Waals surface area contributed by atoms with Gasteiger partial charge in [-0.25, -0.2) is 0 Å². The molecule has 0 aliphatic rings. The summed E-state index contributed by atoms with van der Waals surface area (Å²) >= 11 is 0. The summed E-state index contributed by atoms with van der Waals surface area (Å²) < 4.78 is 33.9. The first kappa shape index (κ1) is 26.8. The molecular weight excluding hydrogens is 504 g/mol. The second kappa shape index (κ2) is 11.5. The van der Waals surface area contributed by atoms with Crippen LogP contribution in [0, 0.1) is 0 Å². The molecule has 5 rings (SSSR count). The SMILES string of the molecule is COc1ccc(/C=C(/c2cc(OC)cc(OC)c2)c2cc3ccc(OC)cc3c3c(OC)cc(OC)cc23)cc1. The van der Waals surface area contributed by atoms with Crippen LogP contribution >= 0.6 is 0 Å². The highest BCUT2D eigenvalue weighted by molar-refractivity contribution is 6.17. The molecule has 0 saturated carbocycles. The van der Waals surface area contributed by atoms with Gasteiger partial charge < -0.3 is 28.4 Å². The molecule has 0 heterocycles. The maximum absolute atomic E-state index is 5.91.